The van der Waals surface area contributed by atoms with Crippen LogP contribution in [0.1, 0.15) is 31.2 Å². The summed E-state index contributed by atoms with van der Waals surface area (Å²) >= 11 is 0. The standard InChI is InChI=1S/C29H41N9O11/c1-31-29(49)37-28(30)32-10-6-9-16-25(44)38(2)20(11-15-7-4-3-5-8-15)24(43)36-18(27(47)48)13-21(40)33-17(26(45)46)12-22(41)34-19(14-39)23(42)35-16/h3-5,7-8,16-20,39H,6,9-14H2,1-2H3,(H,33,40)(H,34,41)(H,35,42)(H,36,43)(H,45,46)(H,47,48)(H4,30,31,32,37,49)/t16?,17-,18-,19?,20?/m0/s1. The topological polar surface area (TPSA) is 311 Å². The van der Waals surface area contributed by atoms with E-state index in [1.807, 2.05) is 5.32 Å². The lowest BCUT2D eigenvalue weighted by Crippen LogP contribution is -2.59. The molecule has 1 saturated heterocycles. The van der Waals surface area contributed by atoms with Gasteiger partial charge in [0.05, 0.1) is 19.4 Å². The number of nitrogens with zero attached hydrogens (tertiary/aromatic N) is 2. The Kier molecular flexibility index (Phi) is 15.4. The van der Waals surface area contributed by atoms with Crippen LogP contribution in [0, 0.1) is 0 Å². The lowest BCUT2D eigenvalue weighted by Gasteiger charge is -2.32. The van der Waals surface area contributed by atoms with Gasteiger partial charge in [-0.25, -0.2) is 14.4 Å². The highest BCUT2D eigenvalue weighted by molar-refractivity contribution is 5.97. The minimum Gasteiger partial charge on any atom is -0.480 e. The maximum atomic E-state index is 14.0. The van der Waals surface area contributed by atoms with E-state index in [0.717, 1.165) is 4.90 Å². The number of guanidine groups is 1. The highest BCUT2D eigenvalue weighted by Gasteiger charge is 2.36. The molecule has 7 amide bonds. The molecule has 1 aromatic carbocycles. The highest BCUT2D eigenvalue weighted by atomic mass is 16.4. The Bertz CT molecular complexity index is 1420. The average molecular weight is 692 g/mol. The van der Waals surface area contributed by atoms with Crippen molar-refractivity contribution in [3.63, 3.8) is 0 Å². The molecular weight excluding hydrogens is 650 g/mol. The summed E-state index contributed by atoms with van der Waals surface area (Å²) in [7, 11) is 2.61. The van der Waals surface area contributed by atoms with Gasteiger partial charge in [-0.3, -0.25) is 34.3 Å². The summed E-state index contributed by atoms with van der Waals surface area (Å²) in [6.07, 6.45) is -2.02. The molecule has 2 rings (SSSR count). The molecule has 0 saturated carbocycles. The third-order valence-corrected chi connectivity index (χ3v) is 7.27. The van der Waals surface area contributed by atoms with E-state index in [2.05, 4.69) is 31.6 Å². The van der Waals surface area contributed by atoms with Crippen LogP contribution in [-0.2, 0) is 40.0 Å². The van der Waals surface area contributed by atoms with Crippen molar-refractivity contribution >= 4 is 53.5 Å². The molecule has 3 unspecified atom stereocenters. The maximum Gasteiger partial charge on any atom is 0.326 e. The Hall–Kier alpha value is -5.79. The minimum absolute atomic E-state index is 0.0365. The zero-order chi connectivity index (χ0) is 36.7. The molecule has 268 valence electrons. The number of carboxylic acid groups (broad SMARTS) is 2. The SMILES string of the molecule is CNC(=O)NC(N)=NCCCC1NC(=O)C(CO)NC(=O)C[C@@H](C(=O)O)NC(=O)C[C@@H](C(=O)O)NC(=O)C(Cc2ccccc2)N(C)C1=O. The van der Waals surface area contributed by atoms with Crippen LogP contribution in [0.2, 0.25) is 0 Å². The van der Waals surface area contributed by atoms with Crippen LogP contribution < -0.4 is 37.6 Å². The monoisotopic (exact) mass is 691 g/mol. The average Bonchev–Trinajstić information content (AvgIpc) is 3.05. The molecule has 0 radical (unpaired) electrons. The molecule has 0 aromatic heterocycles. The summed E-state index contributed by atoms with van der Waals surface area (Å²) in [5, 5.41) is 42.6. The van der Waals surface area contributed by atoms with Gasteiger partial charge in [0.1, 0.15) is 30.2 Å². The van der Waals surface area contributed by atoms with E-state index in [4.69, 9.17) is 5.73 Å². The van der Waals surface area contributed by atoms with Gasteiger partial charge < -0.3 is 52.5 Å². The molecule has 49 heavy (non-hydrogen) atoms. The number of benzene rings is 1. The number of urea groups is 1. The minimum atomic E-state index is -1.87. The number of hydrogen-bond donors (Lipinski definition) is 10. The van der Waals surface area contributed by atoms with Gasteiger partial charge in [-0.2, -0.15) is 0 Å². The van der Waals surface area contributed by atoms with Gasteiger partial charge in [-0.1, -0.05) is 30.3 Å². The number of aliphatic hydroxyl groups excluding tert-OH is 1. The Morgan fingerprint density at radius 3 is 2.06 bits per heavy atom. The molecule has 0 spiro atoms. The molecule has 1 fully saturated rings. The number of carbonyl (C=O) groups excluding carboxylic acids is 6. The second-order valence-electron chi connectivity index (χ2n) is 10.9. The molecule has 11 N–H and O–H groups in total. The maximum absolute atomic E-state index is 14.0. The van der Waals surface area contributed by atoms with Crippen molar-refractivity contribution in [2.45, 2.75) is 62.3 Å². The molecule has 5 atom stereocenters. The van der Waals surface area contributed by atoms with Crippen molar-refractivity contribution in [1.82, 2.24) is 36.8 Å². The van der Waals surface area contributed by atoms with Gasteiger partial charge in [0, 0.05) is 27.1 Å². The van der Waals surface area contributed by atoms with Gasteiger partial charge in [-0.05, 0) is 18.4 Å². The second kappa shape index (κ2) is 19.1. The first-order valence-corrected chi connectivity index (χ1v) is 15.0. The lowest BCUT2D eigenvalue weighted by molar-refractivity contribution is -0.147. The zero-order valence-electron chi connectivity index (χ0n) is 26.8. The summed E-state index contributed by atoms with van der Waals surface area (Å²) in [4.78, 5) is 106. The Morgan fingerprint density at radius 1 is 0.898 bits per heavy atom. The number of nitrogens with two attached hydrogens (primary N) is 1. The molecular formula is C29H41N9O11. The van der Waals surface area contributed by atoms with E-state index in [1.54, 1.807) is 30.3 Å². The number of aliphatic imine (C=N–C) groups is 1. The Labute approximate surface area is 280 Å². The number of amides is 7. The van der Waals surface area contributed by atoms with E-state index in [0.29, 0.717) is 5.56 Å². The quantitative estimate of drug-likeness (QED) is 0.0673. The number of likely N-dealkylation sites (N-methyl/N-ethyl adjacent to an activating group) is 1. The predicted octanol–water partition coefficient (Wildman–Crippen LogP) is -4.03. The van der Waals surface area contributed by atoms with Gasteiger partial charge in [0.25, 0.3) is 0 Å². The molecule has 1 aromatic rings. The first-order chi connectivity index (χ1) is 23.2. The van der Waals surface area contributed by atoms with E-state index < -0.39 is 97.2 Å². The molecule has 0 bridgehead atoms. The fraction of sp³-hybridized carbons (Fsp3) is 0.483. The summed E-state index contributed by atoms with van der Waals surface area (Å²) in [5.74, 6) is -8.59. The first-order valence-electron chi connectivity index (χ1n) is 15.0. The lowest BCUT2D eigenvalue weighted by atomic mass is 10.0. The number of nitrogens with one attached hydrogen (secondary N) is 6. The van der Waals surface area contributed by atoms with Crippen molar-refractivity contribution < 1.29 is 53.7 Å². The van der Waals surface area contributed by atoms with Gasteiger partial charge in [0.2, 0.25) is 29.5 Å². The van der Waals surface area contributed by atoms with Gasteiger partial charge >= 0.3 is 18.0 Å². The predicted molar refractivity (Wildman–Crippen MR) is 169 cm³/mol. The van der Waals surface area contributed by atoms with Crippen LogP contribution in [0.4, 0.5) is 4.79 Å². The summed E-state index contributed by atoms with van der Waals surface area (Å²) in [6, 6.07) is -0.441. The third-order valence-electron chi connectivity index (χ3n) is 7.27. The number of hydrogen-bond acceptors (Lipinski definition) is 10. The molecule has 1 aliphatic rings. The van der Waals surface area contributed by atoms with Crippen molar-refractivity contribution in [2.24, 2.45) is 10.7 Å². The van der Waals surface area contributed by atoms with Crippen LogP contribution in [0.3, 0.4) is 0 Å². The van der Waals surface area contributed by atoms with E-state index in [1.165, 1.54) is 14.1 Å². The van der Waals surface area contributed by atoms with Crippen molar-refractivity contribution in [3.8, 4) is 0 Å². The summed E-state index contributed by atoms with van der Waals surface area (Å²) in [6.45, 7) is -1.01. The number of carbonyl (C=O) groups is 8. The van der Waals surface area contributed by atoms with Crippen LogP contribution in [-0.4, -0.2) is 131 Å². The normalized spacial score (nSPS) is 23.2. The largest absolute Gasteiger partial charge is 0.480 e. The number of aliphatic hydroxyl groups is 1. The van der Waals surface area contributed by atoms with Crippen LogP contribution in [0.25, 0.3) is 0 Å². The van der Waals surface area contributed by atoms with Crippen LogP contribution in [0.15, 0.2) is 35.3 Å². The summed E-state index contributed by atoms with van der Waals surface area (Å²) in [5.41, 5.74) is 6.23. The molecule has 1 heterocycles. The van der Waals surface area contributed by atoms with E-state index >= 15 is 0 Å². The molecule has 20 nitrogen and oxygen atoms in total. The van der Waals surface area contributed by atoms with Crippen LogP contribution in [0.5, 0.6) is 0 Å². The molecule has 1 aliphatic heterocycles. The van der Waals surface area contributed by atoms with Gasteiger partial charge in [-0.15, -0.1) is 0 Å². The fourth-order valence-electron chi connectivity index (χ4n) is 4.62. The van der Waals surface area contributed by atoms with Gasteiger partial charge in [0.15, 0.2) is 5.96 Å². The molecule has 0 aliphatic carbocycles. The van der Waals surface area contributed by atoms with Crippen molar-refractivity contribution in [2.75, 3.05) is 27.2 Å². The number of rotatable bonds is 9. The third kappa shape index (κ3) is 12.7. The zero-order valence-corrected chi connectivity index (χ0v) is 26.8. The summed E-state index contributed by atoms with van der Waals surface area (Å²) < 4.78 is 0. The number of carboxylic acids is 2. The Balaban J connectivity index is 2.54. The van der Waals surface area contributed by atoms with E-state index in [-0.39, 0.29) is 31.8 Å². The van der Waals surface area contributed by atoms with Crippen molar-refractivity contribution in [3.05, 3.63) is 35.9 Å². The van der Waals surface area contributed by atoms with E-state index in [9.17, 15) is 53.7 Å². The van der Waals surface area contributed by atoms with Crippen LogP contribution >= 0.6 is 0 Å². The first kappa shape index (κ1) is 39.4. The molecule has 20 heteroatoms. The fourth-order valence-corrected chi connectivity index (χ4v) is 4.62. The second-order valence-corrected chi connectivity index (χ2v) is 10.9. The highest BCUT2D eigenvalue weighted by Crippen LogP contribution is 2.13. The number of aliphatic carboxylic acids is 2. The smallest absolute Gasteiger partial charge is 0.326 e. The van der Waals surface area contributed by atoms with Crippen molar-refractivity contribution in [1.29, 1.82) is 0 Å². The Morgan fingerprint density at radius 2 is 1.49 bits per heavy atom.